The molecule has 0 aliphatic carbocycles. The molecule has 0 bridgehead atoms. The zero-order valence-electron chi connectivity index (χ0n) is 19.8. The summed E-state index contributed by atoms with van der Waals surface area (Å²) < 4.78 is 58.8. The van der Waals surface area contributed by atoms with Crippen LogP contribution in [0.2, 0.25) is 0 Å². The van der Waals surface area contributed by atoms with Crippen molar-refractivity contribution in [1.29, 1.82) is 0 Å². The monoisotopic (exact) mass is 504 g/mol. The minimum absolute atomic E-state index is 0.0264. The average Bonchev–Trinajstić information content (AvgIpc) is 3.35. The van der Waals surface area contributed by atoms with Gasteiger partial charge in [0, 0.05) is 5.69 Å². The molecule has 2 N–H and O–H groups in total. The highest BCUT2D eigenvalue weighted by atomic mass is 32.2. The summed E-state index contributed by atoms with van der Waals surface area (Å²) in [7, 11) is -1.58. The Morgan fingerprint density at radius 3 is 2.03 bits per heavy atom. The Morgan fingerprint density at radius 1 is 0.800 bits per heavy atom. The summed E-state index contributed by atoms with van der Waals surface area (Å²) in [5, 5.41) is 10.9. The summed E-state index contributed by atoms with van der Waals surface area (Å²) in [4.78, 5) is 0.548. The van der Waals surface area contributed by atoms with E-state index in [9.17, 15) is 17.4 Å². The van der Waals surface area contributed by atoms with Crippen molar-refractivity contribution in [2.24, 2.45) is 0 Å². The molecule has 0 saturated heterocycles. The van der Waals surface area contributed by atoms with Crippen LogP contribution >= 0.6 is 0 Å². The number of rotatable bonds is 6. The van der Waals surface area contributed by atoms with Gasteiger partial charge >= 0.3 is 12.2 Å². The minimum Gasteiger partial charge on any atom is -0.403 e. The maximum absolute atomic E-state index is 12.8. The molecule has 4 rings (SSSR count). The van der Waals surface area contributed by atoms with E-state index in [1.54, 1.807) is 48.5 Å². The van der Waals surface area contributed by atoms with Crippen molar-refractivity contribution >= 4 is 28.4 Å². The molecule has 1 heterocycles. The number of nitrogens with zero attached hydrogens (tertiary/aromatic N) is 2. The molecule has 1 aromatic heterocycles. The molecule has 0 saturated carbocycles. The van der Waals surface area contributed by atoms with Crippen LogP contribution < -0.4 is 10.0 Å². The molecular formula is C25H27F3N4O2S. The summed E-state index contributed by atoms with van der Waals surface area (Å²) in [5.74, 6) is 0.155. The quantitative estimate of drug-likeness (QED) is 0.281. The number of hydrogen-bond acceptors (Lipinski definition) is 5. The average molecular weight is 505 g/mol. The third-order valence-electron chi connectivity index (χ3n) is 4.21. The van der Waals surface area contributed by atoms with Crippen LogP contribution in [0.1, 0.15) is 33.3 Å². The van der Waals surface area contributed by atoms with Gasteiger partial charge in [0.25, 0.3) is 5.89 Å². The number of benzene rings is 3. The molecule has 4 aromatic rings. The van der Waals surface area contributed by atoms with E-state index in [1.807, 2.05) is 33.8 Å². The predicted molar refractivity (Wildman–Crippen MR) is 134 cm³/mol. The second-order valence-corrected chi connectivity index (χ2v) is 7.55. The van der Waals surface area contributed by atoms with E-state index < -0.39 is 22.7 Å². The summed E-state index contributed by atoms with van der Waals surface area (Å²) in [5.41, 5.74) is 0.823. The van der Waals surface area contributed by atoms with Crippen molar-refractivity contribution < 1.29 is 21.8 Å². The fourth-order valence-electron chi connectivity index (χ4n) is 2.73. The summed E-state index contributed by atoms with van der Waals surface area (Å²) in [6, 6.07) is 20.3. The van der Waals surface area contributed by atoms with Crippen LogP contribution in [0.5, 0.6) is 0 Å². The topological polar surface area (TPSA) is 80.0 Å². The van der Waals surface area contributed by atoms with Gasteiger partial charge in [-0.25, -0.2) is 4.21 Å². The smallest absolute Gasteiger partial charge is 0.403 e. The van der Waals surface area contributed by atoms with Crippen molar-refractivity contribution in [2.75, 3.05) is 10.0 Å². The van der Waals surface area contributed by atoms with E-state index in [1.165, 1.54) is 12.1 Å². The van der Waals surface area contributed by atoms with Gasteiger partial charge in [0.2, 0.25) is 0 Å². The van der Waals surface area contributed by atoms with Crippen molar-refractivity contribution in [2.45, 2.75) is 38.8 Å². The zero-order valence-corrected chi connectivity index (χ0v) is 20.6. The van der Waals surface area contributed by atoms with Gasteiger partial charge in [-0.1, -0.05) is 63.1 Å². The van der Waals surface area contributed by atoms with Gasteiger partial charge in [-0.15, -0.1) is 5.10 Å². The van der Waals surface area contributed by atoms with Crippen molar-refractivity contribution in [1.82, 2.24) is 10.2 Å². The van der Waals surface area contributed by atoms with Crippen molar-refractivity contribution in [3.8, 4) is 11.5 Å². The molecule has 0 aliphatic rings. The SMILES string of the molecule is CC.CC.O=S(Nc1nnc(-c2ccccc2Nc2ccc(C(F)(F)F)cc2)o1)c1ccccc1. The van der Waals surface area contributed by atoms with E-state index >= 15 is 0 Å². The number of nitrogens with one attached hydrogen (secondary N) is 2. The lowest BCUT2D eigenvalue weighted by Gasteiger charge is -2.11. The Hall–Kier alpha value is -3.66. The lowest BCUT2D eigenvalue weighted by molar-refractivity contribution is -0.137. The molecule has 35 heavy (non-hydrogen) atoms. The number of hydrogen-bond donors (Lipinski definition) is 2. The van der Waals surface area contributed by atoms with Crippen LogP contribution in [0, 0.1) is 0 Å². The van der Waals surface area contributed by atoms with Gasteiger partial charge in [-0.2, -0.15) is 13.2 Å². The van der Waals surface area contributed by atoms with Crippen LogP contribution in [0.4, 0.5) is 30.6 Å². The van der Waals surface area contributed by atoms with E-state index in [-0.39, 0.29) is 11.9 Å². The molecule has 0 amide bonds. The predicted octanol–water partition coefficient (Wildman–Crippen LogP) is 7.69. The van der Waals surface area contributed by atoms with Gasteiger partial charge in [-0.05, 0) is 48.5 Å². The number of halogens is 3. The first kappa shape index (κ1) is 27.6. The number of anilines is 3. The van der Waals surface area contributed by atoms with Crippen LogP contribution in [0.25, 0.3) is 11.5 Å². The first-order chi connectivity index (χ1) is 16.9. The molecule has 1 unspecified atom stereocenters. The minimum atomic E-state index is -4.40. The number of para-hydroxylation sites is 1. The summed E-state index contributed by atoms with van der Waals surface area (Å²) >= 11 is 0. The second kappa shape index (κ2) is 13.3. The standard InChI is InChI=1S/C21H15F3N4O2S.2C2H6/c22-21(23,24)14-10-12-15(13-11-14)25-18-9-5-4-8-17(18)19-26-27-20(30-19)28-31(29)16-6-2-1-3-7-16;2*1-2/h1-13,25H,(H,27,28);2*1-2H3. The zero-order chi connectivity index (χ0) is 25.8. The van der Waals surface area contributed by atoms with Crippen molar-refractivity contribution in [3.05, 3.63) is 84.4 Å². The fourth-order valence-corrected chi connectivity index (χ4v) is 3.50. The fraction of sp³-hybridized carbons (Fsp3) is 0.200. The Morgan fingerprint density at radius 2 is 1.40 bits per heavy atom. The van der Waals surface area contributed by atoms with Crippen molar-refractivity contribution in [3.63, 3.8) is 0 Å². The molecule has 0 radical (unpaired) electrons. The first-order valence-corrected chi connectivity index (χ1v) is 12.2. The van der Waals surface area contributed by atoms with E-state index in [2.05, 4.69) is 20.2 Å². The Kier molecular flexibility index (Phi) is 10.5. The molecule has 6 nitrogen and oxygen atoms in total. The van der Waals surface area contributed by atoms with Gasteiger partial charge in [-0.3, -0.25) is 4.72 Å². The number of aromatic nitrogens is 2. The van der Waals surface area contributed by atoms with E-state index in [0.29, 0.717) is 21.8 Å². The maximum atomic E-state index is 12.8. The third-order valence-corrected chi connectivity index (χ3v) is 5.27. The van der Waals surface area contributed by atoms with Crippen LogP contribution in [-0.2, 0) is 17.2 Å². The van der Waals surface area contributed by atoms with E-state index in [0.717, 1.165) is 12.1 Å². The lowest BCUT2D eigenvalue weighted by atomic mass is 10.1. The largest absolute Gasteiger partial charge is 0.416 e. The molecule has 1 atom stereocenters. The van der Waals surface area contributed by atoms with Crippen LogP contribution in [-0.4, -0.2) is 14.4 Å². The molecule has 0 aliphatic heterocycles. The summed E-state index contributed by atoms with van der Waals surface area (Å²) in [6.45, 7) is 8.00. The van der Waals surface area contributed by atoms with Gasteiger partial charge in [0.05, 0.1) is 21.7 Å². The maximum Gasteiger partial charge on any atom is 0.416 e. The molecule has 186 valence electrons. The van der Waals surface area contributed by atoms with Gasteiger partial charge in [0.1, 0.15) is 0 Å². The third kappa shape index (κ3) is 7.68. The Labute approximate surface area is 205 Å². The van der Waals surface area contributed by atoms with Gasteiger partial charge < -0.3 is 9.73 Å². The highest BCUT2D eigenvalue weighted by molar-refractivity contribution is 7.86. The highest BCUT2D eigenvalue weighted by Gasteiger charge is 2.30. The van der Waals surface area contributed by atoms with E-state index in [4.69, 9.17) is 4.42 Å². The van der Waals surface area contributed by atoms with Crippen LogP contribution in [0.15, 0.2) is 88.2 Å². The normalized spacial score (nSPS) is 11.3. The Bertz CT molecular complexity index is 1200. The second-order valence-electron chi connectivity index (χ2n) is 6.34. The lowest BCUT2D eigenvalue weighted by Crippen LogP contribution is -2.04. The Balaban J connectivity index is 0.00000103. The molecule has 10 heteroatoms. The molecular weight excluding hydrogens is 477 g/mol. The van der Waals surface area contributed by atoms with Crippen LogP contribution in [0.3, 0.4) is 0 Å². The highest BCUT2D eigenvalue weighted by Crippen LogP contribution is 2.33. The molecule has 0 spiro atoms. The first-order valence-electron chi connectivity index (χ1n) is 11.0. The summed E-state index contributed by atoms with van der Waals surface area (Å²) in [6.07, 6.45) is -4.40. The number of alkyl halides is 3. The molecule has 3 aromatic carbocycles. The van der Waals surface area contributed by atoms with Gasteiger partial charge in [0.15, 0.2) is 11.0 Å². The molecule has 0 fully saturated rings.